The number of nitrogen functional groups attached to an aromatic ring is 1. The molecule has 0 radical (unpaired) electrons. The molecule has 124 valence electrons. The van der Waals surface area contributed by atoms with Gasteiger partial charge in [0.25, 0.3) is 0 Å². The number of aliphatic hydroxyl groups excluding tert-OH is 1. The second-order valence-electron chi connectivity index (χ2n) is 5.75. The molecule has 1 aliphatic rings. The molecule has 6 nitrogen and oxygen atoms in total. The first-order chi connectivity index (χ1) is 11.7. The summed E-state index contributed by atoms with van der Waals surface area (Å²) in [6.45, 7) is 4.06. The lowest BCUT2D eigenvalue weighted by atomic mass is 10.0. The van der Waals surface area contributed by atoms with E-state index in [4.69, 9.17) is 15.9 Å². The molecular weight excluding hydrogens is 302 g/mol. The van der Waals surface area contributed by atoms with Gasteiger partial charge in [0, 0.05) is 0 Å². The maximum atomic E-state index is 9.05. The molecule has 0 amide bonds. The first-order valence-corrected chi connectivity index (χ1v) is 7.97. The number of fused-ring (bicyclic) bond motifs is 1. The Hall–Kier alpha value is -2.73. The molecule has 0 bridgehead atoms. The average molecular weight is 323 g/mol. The van der Waals surface area contributed by atoms with Crippen LogP contribution in [0.2, 0.25) is 0 Å². The first kappa shape index (κ1) is 16.1. The highest BCUT2D eigenvalue weighted by Gasteiger charge is 2.20. The summed E-state index contributed by atoms with van der Waals surface area (Å²) in [4.78, 5) is 8.47. The van der Waals surface area contributed by atoms with Gasteiger partial charge in [0.1, 0.15) is 12.1 Å². The molecule has 0 saturated carbocycles. The quantitative estimate of drug-likeness (QED) is 0.906. The third-order valence-corrected chi connectivity index (χ3v) is 4.02. The molecule has 0 aliphatic heterocycles. The van der Waals surface area contributed by atoms with E-state index < -0.39 is 0 Å². The fourth-order valence-electron chi connectivity index (χ4n) is 2.89. The summed E-state index contributed by atoms with van der Waals surface area (Å²) in [5, 5.41) is 14.5. The Bertz CT molecular complexity index is 831. The lowest BCUT2D eigenvalue weighted by Crippen LogP contribution is -2.12. The van der Waals surface area contributed by atoms with Crippen LogP contribution in [0.4, 0.5) is 5.82 Å². The zero-order chi connectivity index (χ0) is 16.9. The van der Waals surface area contributed by atoms with Gasteiger partial charge >= 0.3 is 0 Å². The summed E-state index contributed by atoms with van der Waals surface area (Å²) in [7, 11) is 0. The van der Waals surface area contributed by atoms with Crippen molar-refractivity contribution in [1.29, 1.82) is 0 Å². The average Bonchev–Trinajstić information content (AvgIpc) is 2.98. The van der Waals surface area contributed by atoms with Crippen molar-refractivity contribution in [3.05, 3.63) is 54.6 Å². The van der Waals surface area contributed by atoms with Crippen LogP contribution in [0, 0.1) is 0 Å². The van der Waals surface area contributed by atoms with Crippen molar-refractivity contribution in [2.45, 2.75) is 25.3 Å². The van der Waals surface area contributed by atoms with E-state index in [2.05, 4.69) is 22.6 Å². The lowest BCUT2D eigenvalue weighted by Gasteiger charge is -2.17. The van der Waals surface area contributed by atoms with E-state index in [1.54, 1.807) is 12.2 Å². The Morgan fingerprint density at radius 1 is 1.38 bits per heavy atom. The SMILES string of the molecule is C=C1/C=C\C=C/CCC(n2nc(/C=C/CO)c3c(N)ncnc32)C1. The van der Waals surface area contributed by atoms with Gasteiger partial charge in [-0.15, -0.1) is 0 Å². The summed E-state index contributed by atoms with van der Waals surface area (Å²) in [5.41, 5.74) is 8.47. The standard InChI is InChI=1S/C18H21N5O/c1-13-7-4-2-3-5-8-14(11-13)23-18-16(17(19)20-12-21-18)15(22-23)9-6-10-24/h2-4,6-7,9,12,14,24H,1,5,8,10-11H2,(H2,19,20,21)/b3-2-,7-4-,9-6+. The van der Waals surface area contributed by atoms with Gasteiger partial charge < -0.3 is 10.8 Å². The maximum Gasteiger partial charge on any atom is 0.164 e. The van der Waals surface area contributed by atoms with E-state index in [9.17, 15) is 0 Å². The number of rotatable bonds is 3. The molecule has 0 saturated heterocycles. The number of nitrogens with two attached hydrogens (primary N) is 1. The Balaban J connectivity index is 2.09. The molecule has 1 atom stereocenters. The third kappa shape index (κ3) is 3.28. The van der Waals surface area contributed by atoms with Gasteiger partial charge in [-0.05, 0) is 25.3 Å². The molecule has 24 heavy (non-hydrogen) atoms. The Morgan fingerprint density at radius 2 is 2.25 bits per heavy atom. The van der Waals surface area contributed by atoms with Crippen molar-refractivity contribution in [3.8, 4) is 0 Å². The van der Waals surface area contributed by atoms with Crippen LogP contribution in [0.5, 0.6) is 0 Å². The van der Waals surface area contributed by atoms with Crippen molar-refractivity contribution < 1.29 is 5.11 Å². The van der Waals surface area contributed by atoms with E-state index in [1.807, 2.05) is 22.9 Å². The van der Waals surface area contributed by atoms with Crippen molar-refractivity contribution >= 4 is 22.9 Å². The van der Waals surface area contributed by atoms with Gasteiger partial charge in [-0.3, -0.25) is 0 Å². The topological polar surface area (TPSA) is 89.8 Å². The number of hydrogen-bond donors (Lipinski definition) is 2. The molecule has 1 unspecified atom stereocenters. The molecule has 0 fully saturated rings. The van der Waals surface area contributed by atoms with Gasteiger partial charge in [0.15, 0.2) is 5.65 Å². The van der Waals surface area contributed by atoms with Crippen LogP contribution in [0.15, 0.2) is 48.9 Å². The van der Waals surface area contributed by atoms with Gasteiger partial charge in [0.2, 0.25) is 0 Å². The number of anilines is 1. The largest absolute Gasteiger partial charge is 0.392 e. The number of nitrogens with zero attached hydrogens (tertiary/aromatic N) is 4. The summed E-state index contributed by atoms with van der Waals surface area (Å²) < 4.78 is 1.92. The summed E-state index contributed by atoms with van der Waals surface area (Å²) in [6, 6.07) is 0.137. The van der Waals surface area contributed by atoms with E-state index in [1.165, 1.54) is 6.33 Å². The van der Waals surface area contributed by atoms with Gasteiger partial charge in [-0.25, -0.2) is 14.6 Å². The van der Waals surface area contributed by atoms with Gasteiger partial charge in [-0.1, -0.05) is 42.5 Å². The Morgan fingerprint density at radius 3 is 3.08 bits per heavy atom. The highest BCUT2D eigenvalue weighted by atomic mass is 16.2. The Kier molecular flexibility index (Phi) is 4.86. The Labute approximate surface area is 140 Å². The summed E-state index contributed by atoms with van der Waals surface area (Å²) >= 11 is 0. The number of hydrogen-bond acceptors (Lipinski definition) is 5. The van der Waals surface area contributed by atoms with Crippen LogP contribution in [-0.4, -0.2) is 31.5 Å². The van der Waals surface area contributed by atoms with Crippen molar-refractivity contribution in [1.82, 2.24) is 19.7 Å². The fraction of sp³-hybridized carbons (Fsp3) is 0.278. The summed E-state index contributed by atoms with van der Waals surface area (Å²) in [5.74, 6) is 0.394. The molecule has 0 aromatic carbocycles. The number of aromatic nitrogens is 4. The van der Waals surface area contributed by atoms with Crippen molar-refractivity contribution in [2.24, 2.45) is 0 Å². The number of allylic oxidation sites excluding steroid dienone is 5. The monoisotopic (exact) mass is 323 g/mol. The van der Waals surface area contributed by atoms with E-state index in [-0.39, 0.29) is 12.6 Å². The van der Waals surface area contributed by atoms with E-state index in [0.717, 1.165) is 30.2 Å². The molecule has 2 aromatic rings. The van der Waals surface area contributed by atoms with Crippen LogP contribution in [-0.2, 0) is 0 Å². The van der Waals surface area contributed by atoms with Crippen LogP contribution >= 0.6 is 0 Å². The normalized spacial score (nSPS) is 21.5. The predicted molar refractivity (Wildman–Crippen MR) is 96.2 cm³/mol. The zero-order valence-electron chi connectivity index (χ0n) is 13.5. The molecule has 1 aliphatic carbocycles. The van der Waals surface area contributed by atoms with Crippen LogP contribution < -0.4 is 5.73 Å². The second-order valence-corrected chi connectivity index (χ2v) is 5.75. The minimum absolute atomic E-state index is 0.0578. The second kappa shape index (κ2) is 7.23. The van der Waals surface area contributed by atoms with Crippen LogP contribution in [0.3, 0.4) is 0 Å². The summed E-state index contributed by atoms with van der Waals surface area (Å²) in [6.07, 6.45) is 15.7. The molecule has 2 aromatic heterocycles. The van der Waals surface area contributed by atoms with Gasteiger partial charge in [0.05, 0.1) is 23.7 Å². The molecule has 3 N–H and O–H groups in total. The third-order valence-electron chi connectivity index (χ3n) is 4.02. The molecular formula is C18H21N5O. The maximum absolute atomic E-state index is 9.05. The van der Waals surface area contributed by atoms with Crippen LogP contribution in [0.25, 0.3) is 17.1 Å². The first-order valence-electron chi connectivity index (χ1n) is 7.97. The highest BCUT2D eigenvalue weighted by molar-refractivity contribution is 5.92. The van der Waals surface area contributed by atoms with Crippen molar-refractivity contribution in [2.75, 3.05) is 12.3 Å². The van der Waals surface area contributed by atoms with E-state index in [0.29, 0.717) is 17.2 Å². The minimum atomic E-state index is -0.0578. The predicted octanol–water partition coefficient (Wildman–Crippen LogP) is 2.81. The molecule has 3 rings (SSSR count). The molecule has 2 heterocycles. The van der Waals surface area contributed by atoms with E-state index >= 15 is 0 Å². The zero-order valence-corrected chi connectivity index (χ0v) is 13.5. The minimum Gasteiger partial charge on any atom is -0.392 e. The lowest BCUT2D eigenvalue weighted by molar-refractivity contribution is 0.343. The molecule has 6 heteroatoms. The van der Waals surface area contributed by atoms with Crippen molar-refractivity contribution in [3.63, 3.8) is 0 Å². The smallest absolute Gasteiger partial charge is 0.164 e. The fourth-order valence-corrected chi connectivity index (χ4v) is 2.89. The number of aliphatic hydroxyl groups is 1. The molecule has 0 spiro atoms. The van der Waals surface area contributed by atoms with Gasteiger partial charge in [-0.2, -0.15) is 5.10 Å². The van der Waals surface area contributed by atoms with Crippen LogP contribution in [0.1, 0.15) is 31.0 Å². The highest BCUT2D eigenvalue weighted by Crippen LogP contribution is 2.30.